The first-order valence-corrected chi connectivity index (χ1v) is 9.55. The van der Waals surface area contributed by atoms with E-state index in [1.54, 1.807) is 26.0 Å². The monoisotopic (exact) mass is 446 g/mol. The molecule has 1 amide bonds. The average molecular weight is 446 g/mol. The third kappa shape index (κ3) is 3.72. The first-order chi connectivity index (χ1) is 15.1. The van der Waals surface area contributed by atoms with Crippen molar-refractivity contribution in [2.24, 2.45) is 0 Å². The Hall–Kier alpha value is -3.69. The Morgan fingerprint density at radius 1 is 0.969 bits per heavy atom. The van der Waals surface area contributed by atoms with E-state index in [0.717, 1.165) is 12.1 Å². The summed E-state index contributed by atoms with van der Waals surface area (Å²) in [5.41, 5.74) is 0.737. The molecule has 0 saturated heterocycles. The van der Waals surface area contributed by atoms with E-state index < -0.39 is 23.6 Å². The number of alkyl halides is 3. The fraction of sp³-hybridized carbons (Fsp3) is 0.227. The Morgan fingerprint density at radius 3 is 2.31 bits per heavy atom. The van der Waals surface area contributed by atoms with E-state index in [-0.39, 0.29) is 18.1 Å². The van der Waals surface area contributed by atoms with Gasteiger partial charge in [-0.05, 0) is 55.8 Å². The number of benzene rings is 1. The molecule has 3 aromatic rings. The van der Waals surface area contributed by atoms with E-state index >= 15 is 0 Å². The van der Waals surface area contributed by atoms with Gasteiger partial charge in [-0.15, -0.1) is 0 Å². The smallest absolute Gasteiger partial charge is 0.433 e. The summed E-state index contributed by atoms with van der Waals surface area (Å²) < 4.78 is 58.8. The molecular weight excluding hydrogens is 428 g/mol. The molecule has 10 heteroatoms. The zero-order chi connectivity index (χ0) is 23.2. The van der Waals surface area contributed by atoms with Crippen molar-refractivity contribution in [3.63, 3.8) is 0 Å². The number of pyridine rings is 2. The maximum absolute atomic E-state index is 13.7. The quantitative estimate of drug-likeness (QED) is 0.529. The Morgan fingerprint density at radius 2 is 1.69 bits per heavy atom. The molecule has 6 nitrogen and oxygen atoms in total. The molecule has 0 fully saturated rings. The van der Waals surface area contributed by atoms with Gasteiger partial charge in [0.05, 0.1) is 24.1 Å². The number of ether oxygens (including phenoxy) is 1. The van der Waals surface area contributed by atoms with Gasteiger partial charge >= 0.3 is 6.18 Å². The molecule has 3 heterocycles. The SMILES string of the molecule is COc1ccc(N2CN(c3ccc(F)cc3C)c3nc(C(F)(F)F)ccc3C2=O)c(C)n1. The van der Waals surface area contributed by atoms with Crippen LogP contribution >= 0.6 is 0 Å². The normalized spacial score (nSPS) is 13.9. The molecule has 0 aliphatic carbocycles. The van der Waals surface area contributed by atoms with E-state index in [1.165, 1.54) is 35.1 Å². The van der Waals surface area contributed by atoms with Crippen LogP contribution in [0, 0.1) is 19.7 Å². The van der Waals surface area contributed by atoms with Crippen molar-refractivity contribution in [2.75, 3.05) is 23.6 Å². The van der Waals surface area contributed by atoms with Crippen LogP contribution in [0.4, 0.5) is 34.8 Å². The molecule has 0 radical (unpaired) electrons. The lowest BCUT2D eigenvalue weighted by Gasteiger charge is -2.38. The summed E-state index contributed by atoms with van der Waals surface area (Å²) in [6, 6.07) is 9.04. The van der Waals surface area contributed by atoms with Crippen LogP contribution in [0.5, 0.6) is 5.88 Å². The van der Waals surface area contributed by atoms with Crippen molar-refractivity contribution in [1.82, 2.24) is 9.97 Å². The van der Waals surface area contributed by atoms with Crippen LogP contribution in [-0.4, -0.2) is 29.7 Å². The number of rotatable bonds is 3. The van der Waals surface area contributed by atoms with Gasteiger partial charge in [-0.25, -0.2) is 14.4 Å². The number of aromatic nitrogens is 2. The fourth-order valence-corrected chi connectivity index (χ4v) is 3.62. The Labute approximate surface area is 181 Å². The highest BCUT2D eigenvalue weighted by Gasteiger charge is 2.38. The summed E-state index contributed by atoms with van der Waals surface area (Å²) in [5, 5.41) is 0. The minimum atomic E-state index is -4.69. The number of nitrogens with zero attached hydrogens (tertiary/aromatic N) is 4. The summed E-state index contributed by atoms with van der Waals surface area (Å²) >= 11 is 0. The molecule has 0 N–H and O–H groups in total. The Bertz CT molecular complexity index is 1210. The molecule has 2 aromatic heterocycles. The summed E-state index contributed by atoms with van der Waals surface area (Å²) in [6.07, 6.45) is -4.69. The van der Waals surface area contributed by atoms with Crippen LogP contribution in [0.2, 0.25) is 0 Å². The van der Waals surface area contributed by atoms with Crippen molar-refractivity contribution in [2.45, 2.75) is 20.0 Å². The third-order valence-electron chi connectivity index (χ3n) is 5.16. The number of carbonyl (C=O) groups is 1. The van der Waals surface area contributed by atoms with Gasteiger partial charge in [0.15, 0.2) is 0 Å². The summed E-state index contributed by atoms with van der Waals surface area (Å²) in [4.78, 5) is 24.2. The number of halogens is 4. The first kappa shape index (κ1) is 21.5. The molecule has 32 heavy (non-hydrogen) atoms. The molecule has 4 rings (SSSR count). The Kier molecular flexibility index (Phi) is 5.23. The largest absolute Gasteiger partial charge is 0.481 e. The number of hydrogen-bond acceptors (Lipinski definition) is 5. The zero-order valence-corrected chi connectivity index (χ0v) is 17.4. The molecule has 0 unspecified atom stereocenters. The van der Waals surface area contributed by atoms with Crippen molar-refractivity contribution < 1.29 is 27.1 Å². The lowest BCUT2D eigenvalue weighted by molar-refractivity contribution is -0.141. The van der Waals surface area contributed by atoms with Crippen molar-refractivity contribution >= 4 is 23.1 Å². The second kappa shape index (κ2) is 7.77. The minimum Gasteiger partial charge on any atom is -0.481 e. The van der Waals surface area contributed by atoms with Gasteiger partial charge in [-0.2, -0.15) is 13.2 Å². The van der Waals surface area contributed by atoms with Gasteiger partial charge in [-0.3, -0.25) is 9.69 Å². The van der Waals surface area contributed by atoms with E-state index in [4.69, 9.17) is 4.74 Å². The third-order valence-corrected chi connectivity index (χ3v) is 5.16. The molecule has 1 aliphatic heterocycles. The van der Waals surface area contributed by atoms with E-state index in [0.29, 0.717) is 28.5 Å². The highest BCUT2D eigenvalue weighted by molar-refractivity contribution is 6.12. The maximum atomic E-state index is 13.7. The number of anilines is 3. The van der Waals surface area contributed by atoms with Crippen molar-refractivity contribution in [3.05, 3.63) is 70.8 Å². The molecule has 0 saturated carbocycles. The van der Waals surface area contributed by atoms with Gasteiger partial charge in [0.25, 0.3) is 5.91 Å². The lowest BCUT2D eigenvalue weighted by Crippen LogP contribution is -2.46. The summed E-state index contributed by atoms with van der Waals surface area (Å²) in [6.45, 7) is 3.19. The van der Waals surface area contributed by atoms with Crippen LogP contribution in [-0.2, 0) is 6.18 Å². The highest BCUT2D eigenvalue weighted by atomic mass is 19.4. The molecule has 0 spiro atoms. The predicted molar refractivity (Wildman–Crippen MR) is 110 cm³/mol. The lowest BCUT2D eigenvalue weighted by atomic mass is 10.1. The number of aryl methyl sites for hydroxylation is 2. The Balaban J connectivity index is 1.90. The fourth-order valence-electron chi connectivity index (χ4n) is 3.62. The standard InChI is InChI=1S/C22H18F4N4O2/c1-12-10-14(23)4-6-16(12)29-11-30(17-7-9-19(32-3)27-13(17)2)21(31)15-5-8-18(22(24,25)26)28-20(15)29/h4-10H,11H2,1-3H3. The molecule has 1 aromatic carbocycles. The summed E-state index contributed by atoms with van der Waals surface area (Å²) in [5.74, 6) is -0.787. The van der Waals surface area contributed by atoms with Crippen molar-refractivity contribution in [1.29, 1.82) is 0 Å². The van der Waals surface area contributed by atoms with Crippen LogP contribution in [0.25, 0.3) is 0 Å². The van der Waals surface area contributed by atoms with Gasteiger partial charge in [-0.1, -0.05) is 0 Å². The van der Waals surface area contributed by atoms with Crippen LogP contribution in [0.15, 0.2) is 42.5 Å². The zero-order valence-electron chi connectivity index (χ0n) is 17.4. The number of hydrogen-bond donors (Lipinski definition) is 0. The first-order valence-electron chi connectivity index (χ1n) is 9.55. The van der Waals surface area contributed by atoms with Crippen LogP contribution < -0.4 is 14.5 Å². The van der Waals surface area contributed by atoms with Crippen LogP contribution in [0.3, 0.4) is 0 Å². The van der Waals surface area contributed by atoms with Gasteiger partial charge in [0.1, 0.15) is 24.0 Å². The number of methoxy groups -OCH3 is 1. The van der Waals surface area contributed by atoms with Gasteiger partial charge < -0.3 is 9.64 Å². The van der Waals surface area contributed by atoms with Crippen molar-refractivity contribution in [3.8, 4) is 5.88 Å². The topological polar surface area (TPSA) is 58.6 Å². The number of carbonyl (C=O) groups excluding carboxylic acids is 1. The predicted octanol–water partition coefficient (Wildman–Crippen LogP) is 5.02. The molecule has 0 atom stereocenters. The second-order valence-electron chi connectivity index (χ2n) is 7.26. The van der Waals surface area contributed by atoms with E-state index in [2.05, 4.69) is 9.97 Å². The van der Waals surface area contributed by atoms with E-state index in [9.17, 15) is 22.4 Å². The minimum absolute atomic E-state index is 0.0109. The number of amides is 1. The molecule has 166 valence electrons. The maximum Gasteiger partial charge on any atom is 0.433 e. The van der Waals surface area contributed by atoms with Gasteiger partial charge in [0, 0.05) is 11.8 Å². The molecule has 0 bridgehead atoms. The second-order valence-corrected chi connectivity index (χ2v) is 7.26. The van der Waals surface area contributed by atoms with E-state index in [1.807, 2.05) is 0 Å². The average Bonchev–Trinajstić information content (AvgIpc) is 2.74. The van der Waals surface area contributed by atoms with Gasteiger partial charge in [0.2, 0.25) is 5.88 Å². The van der Waals surface area contributed by atoms with Crippen LogP contribution in [0.1, 0.15) is 27.3 Å². The highest BCUT2D eigenvalue weighted by Crippen LogP contribution is 2.39. The number of fused-ring (bicyclic) bond motifs is 1. The molecule has 1 aliphatic rings. The summed E-state index contributed by atoms with van der Waals surface area (Å²) in [7, 11) is 1.46. The molecular formula is C22H18F4N4O2.